The van der Waals surface area contributed by atoms with Crippen LogP contribution in [0.2, 0.25) is 0 Å². The number of carbonyl (C=O) groups excluding carboxylic acids is 2. The molecule has 11 nitrogen and oxygen atoms in total. The van der Waals surface area contributed by atoms with Gasteiger partial charge in [0.1, 0.15) is 10.7 Å². The molecule has 0 saturated carbocycles. The number of halogens is 1. The van der Waals surface area contributed by atoms with E-state index in [1.54, 1.807) is 35.3 Å². The average Bonchev–Trinajstić information content (AvgIpc) is 3.72. The summed E-state index contributed by atoms with van der Waals surface area (Å²) in [5.74, 6) is 0.217. The van der Waals surface area contributed by atoms with Crippen molar-refractivity contribution in [2.45, 2.75) is 71.1 Å². The number of pyridine rings is 1. The topological polar surface area (TPSA) is 133 Å². The zero-order chi connectivity index (χ0) is 31.6. The van der Waals surface area contributed by atoms with Gasteiger partial charge >= 0.3 is 6.09 Å². The summed E-state index contributed by atoms with van der Waals surface area (Å²) >= 11 is 5.09. The first-order chi connectivity index (χ1) is 20.8. The summed E-state index contributed by atoms with van der Waals surface area (Å²) in [7, 11) is 1.48. The number of carbonyl (C=O) groups is 2. The van der Waals surface area contributed by atoms with Crippen molar-refractivity contribution in [2.24, 2.45) is 0 Å². The molecule has 2 atom stereocenters. The summed E-state index contributed by atoms with van der Waals surface area (Å²) in [6.45, 7) is 9.85. The molecule has 0 bridgehead atoms. The van der Waals surface area contributed by atoms with Gasteiger partial charge in [-0.1, -0.05) is 30.3 Å². The van der Waals surface area contributed by atoms with Gasteiger partial charge in [-0.25, -0.2) is 14.8 Å². The lowest BCUT2D eigenvalue weighted by atomic mass is 9.96. The molecule has 5 rings (SSSR count). The first-order valence-corrected chi connectivity index (χ1v) is 15.9. The molecule has 0 radical (unpaired) electrons. The van der Waals surface area contributed by atoms with Crippen LogP contribution in [0.5, 0.6) is 5.88 Å². The lowest BCUT2D eigenvalue weighted by Gasteiger charge is -2.29. The Morgan fingerprint density at radius 3 is 2.55 bits per heavy atom. The SMILES string of the molecule is COc1cc(-c2nnc([C@@](C)(Cc3ccccc3)OC(=O)NC(C)(C)C)o2)cc(C(=O)N2CCC[C@@H]2c2nc(C)c(Br)s2)n1. The highest BCUT2D eigenvalue weighted by Gasteiger charge is 2.39. The normalized spacial score (nSPS) is 16.4. The quantitative estimate of drug-likeness (QED) is 0.217. The number of amides is 2. The Bertz CT molecular complexity index is 1630. The molecule has 4 heterocycles. The molecular formula is C31H35BrN6O5S. The van der Waals surface area contributed by atoms with E-state index < -0.39 is 17.2 Å². The Morgan fingerprint density at radius 2 is 1.89 bits per heavy atom. The second-order valence-electron chi connectivity index (χ2n) is 11.9. The fourth-order valence-electron chi connectivity index (χ4n) is 5.03. The molecule has 0 unspecified atom stereocenters. The monoisotopic (exact) mass is 682 g/mol. The maximum absolute atomic E-state index is 13.8. The molecule has 1 N–H and O–H groups in total. The summed E-state index contributed by atoms with van der Waals surface area (Å²) in [5, 5.41) is 12.3. The van der Waals surface area contributed by atoms with E-state index in [1.807, 2.05) is 58.0 Å². The molecule has 1 aliphatic rings. The van der Waals surface area contributed by atoms with E-state index in [-0.39, 0.29) is 35.3 Å². The molecule has 0 aliphatic carbocycles. The minimum absolute atomic E-state index is 0.105. The number of rotatable bonds is 8. The van der Waals surface area contributed by atoms with E-state index in [9.17, 15) is 9.59 Å². The van der Waals surface area contributed by atoms with Crippen LogP contribution < -0.4 is 10.1 Å². The van der Waals surface area contributed by atoms with Crippen molar-refractivity contribution in [2.75, 3.05) is 13.7 Å². The molecule has 0 spiro atoms. The van der Waals surface area contributed by atoms with Crippen molar-refractivity contribution in [1.29, 1.82) is 0 Å². The van der Waals surface area contributed by atoms with E-state index in [0.717, 1.165) is 32.9 Å². The van der Waals surface area contributed by atoms with Crippen LogP contribution in [0.3, 0.4) is 0 Å². The van der Waals surface area contributed by atoms with Crippen molar-refractivity contribution in [1.82, 2.24) is 30.4 Å². The van der Waals surface area contributed by atoms with Gasteiger partial charge in [0.25, 0.3) is 11.8 Å². The minimum Gasteiger partial charge on any atom is -0.481 e. The zero-order valence-electron chi connectivity index (χ0n) is 25.5. The van der Waals surface area contributed by atoms with Gasteiger partial charge in [-0.15, -0.1) is 21.5 Å². The van der Waals surface area contributed by atoms with Crippen LogP contribution in [0, 0.1) is 6.92 Å². The number of alkyl carbamates (subject to hydrolysis) is 1. The number of thiazole rings is 1. The van der Waals surface area contributed by atoms with Crippen LogP contribution in [0.15, 0.2) is 50.7 Å². The summed E-state index contributed by atoms with van der Waals surface area (Å²) < 4.78 is 18.5. The molecule has 1 aliphatic heterocycles. The molecule has 2 amide bonds. The van der Waals surface area contributed by atoms with Crippen molar-refractivity contribution < 1.29 is 23.5 Å². The highest BCUT2D eigenvalue weighted by atomic mass is 79.9. The number of ether oxygens (including phenoxy) is 2. The number of aromatic nitrogens is 4. The van der Waals surface area contributed by atoms with Crippen molar-refractivity contribution in [3.05, 3.63) is 74.1 Å². The van der Waals surface area contributed by atoms with Crippen molar-refractivity contribution in [3.8, 4) is 17.3 Å². The van der Waals surface area contributed by atoms with Gasteiger partial charge in [-0.05, 0) is 75.0 Å². The smallest absolute Gasteiger partial charge is 0.408 e. The Balaban J connectivity index is 1.46. The van der Waals surface area contributed by atoms with E-state index in [1.165, 1.54) is 7.11 Å². The van der Waals surface area contributed by atoms with Crippen molar-refractivity contribution in [3.63, 3.8) is 0 Å². The third-order valence-electron chi connectivity index (χ3n) is 7.09. The number of aryl methyl sites for hydroxylation is 1. The first kappa shape index (κ1) is 31.6. The van der Waals surface area contributed by atoms with Crippen molar-refractivity contribution >= 4 is 39.3 Å². The van der Waals surface area contributed by atoms with Gasteiger partial charge in [-0.3, -0.25) is 4.79 Å². The lowest BCUT2D eigenvalue weighted by molar-refractivity contribution is -0.00121. The van der Waals surface area contributed by atoms with E-state index in [4.69, 9.17) is 13.9 Å². The minimum atomic E-state index is -1.29. The maximum atomic E-state index is 13.8. The number of nitrogens with zero attached hydrogens (tertiary/aromatic N) is 5. The third-order valence-corrected chi connectivity index (χ3v) is 9.20. The maximum Gasteiger partial charge on any atom is 0.408 e. The molecule has 1 fully saturated rings. The van der Waals surface area contributed by atoms with Crippen LogP contribution >= 0.6 is 27.3 Å². The number of benzene rings is 1. The Kier molecular flexibility index (Phi) is 9.07. The Morgan fingerprint density at radius 1 is 1.14 bits per heavy atom. The average molecular weight is 684 g/mol. The highest BCUT2D eigenvalue weighted by molar-refractivity contribution is 9.11. The molecule has 232 valence electrons. The zero-order valence-corrected chi connectivity index (χ0v) is 27.9. The van der Waals surface area contributed by atoms with Crippen LogP contribution in [0.4, 0.5) is 4.79 Å². The lowest BCUT2D eigenvalue weighted by Crippen LogP contribution is -2.45. The van der Waals surface area contributed by atoms with Gasteiger partial charge in [0.15, 0.2) is 5.60 Å². The van der Waals surface area contributed by atoms with Crippen LogP contribution in [-0.4, -0.2) is 56.3 Å². The molecule has 13 heteroatoms. The number of hydrogen-bond donors (Lipinski definition) is 1. The number of nitrogens with one attached hydrogen (secondary N) is 1. The standard InChI is InChI=1S/C31H35BrN6O5S/c1-18-24(32)44-26(33-18)22-13-10-14-38(22)27(39)21-15-20(16-23(34-21)41-6)25-36-37-28(42-25)31(5,17-19-11-8-7-9-12-19)43-29(40)35-30(2,3)4/h7-9,11-12,15-16,22H,10,13-14,17H2,1-6H3,(H,35,40)/t22-,31-/m1/s1. The Hall–Kier alpha value is -3.84. The Labute approximate surface area is 268 Å². The summed E-state index contributed by atoms with van der Waals surface area (Å²) in [6, 6.07) is 12.7. The molecule has 1 aromatic carbocycles. The van der Waals surface area contributed by atoms with Gasteiger partial charge in [0, 0.05) is 30.1 Å². The second kappa shape index (κ2) is 12.6. The predicted octanol–water partition coefficient (Wildman–Crippen LogP) is 6.63. The van der Waals surface area contributed by atoms with Crippen LogP contribution in [0.1, 0.15) is 79.2 Å². The molecular weight excluding hydrogens is 648 g/mol. The predicted molar refractivity (Wildman–Crippen MR) is 169 cm³/mol. The number of likely N-dealkylation sites (tertiary alicyclic amines) is 1. The van der Waals surface area contributed by atoms with Crippen LogP contribution in [-0.2, 0) is 16.8 Å². The van der Waals surface area contributed by atoms with E-state index in [0.29, 0.717) is 18.5 Å². The fraction of sp³-hybridized carbons (Fsp3) is 0.419. The van der Waals surface area contributed by atoms with Crippen LogP contribution in [0.25, 0.3) is 11.5 Å². The largest absolute Gasteiger partial charge is 0.481 e. The third kappa shape index (κ3) is 7.10. The van der Waals surface area contributed by atoms with E-state index in [2.05, 4.69) is 41.4 Å². The first-order valence-electron chi connectivity index (χ1n) is 14.2. The number of hydrogen-bond acceptors (Lipinski definition) is 10. The van der Waals surface area contributed by atoms with Gasteiger partial charge in [-0.2, -0.15) is 0 Å². The second-order valence-corrected chi connectivity index (χ2v) is 14.3. The van der Waals surface area contributed by atoms with Gasteiger partial charge in [0.05, 0.1) is 22.6 Å². The van der Waals surface area contributed by atoms with Gasteiger partial charge < -0.3 is 24.1 Å². The van der Waals surface area contributed by atoms with Gasteiger partial charge in [0.2, 0.25) is 11.8 Å². The number of methoxy groups -OCH3 is 1. The summed E-state index contributed by atoms with van der Waals surface area (Å²) in [6.07, 6.45) is 1.35. The highest BCUT2D eigenvalue weighted by Crippen LogP contribution is 2.38. The summed E-state index contributed by atoms with van der Waals surface area (Å²) in [5.41, 5.74) is 0.650. The fourth-order valence-corrected chi connectivity index (χ4v) is 6.55. The molecule has 4 aromatic rings. The molecule has 3 aromatic heterocycles. The van der Waals surface area contributed by atoms with E-state index >= 15 is 0 Å². The molecule has 44 heavy (non-hydrogen) atoms. The summed E-state index contributed by atoms with van der Waals surface area (Å²) in [4.78, 5) is 37.6. The molecule has 1 saturated heterocycles.